The molecule has 1 heterocycles. The molecule has 1 aromatic carbocycles. The van der Waals surface area contributed by atoms with Crippen molar-refractivity contribution in [2.24, 2.45) is 0 Å². The third-order valence-corrected chi connectivity index (χ3v) is 3.35. The topological polar surface area (TPSA) is 58.6 Å². The Morgan fingerprint density at radius 1 is 1.20 bits per heavy atom. The summed E-state index contributed by atoms with van der Waals surface area (Å²) in [6.45, 7) is 1.56. The van der Waals surface area contributed by atoms with Gasteiger partial charge in [0, 0.05) is 20.2 Å². The van der Waals surface area contributed by atoms with E-state index < -0.39 is 0 Å². The summed E-state index contributed by atoms with van der Waals surface area (Å²) in [5, 5.41) is 2.72. The highest BCUT2D eigenvalue weighted by Crippen LogP contribution is 2.19. The van der Waals surface area contributed by atoms with E-state index in [4.69, 9.17) is 4.74 Å². The first-order valence-electron chi connectivity index (χ1n) is 6.89. The number of piperidine rings is 1. The van der Waals surface area contributed by atoms with Gasteiger partial charge < -0.3 is 15.0 Å². The summed E-state index contributed by atoms with van der Waals surface area (Å²) in [6, 6.07) is 7.10. The second kappa shape index (κ2) is 7.05. The van der Waals surface area contributed by atoms with E-state index in [1.54, 1.807) is 18.2 Å². The molecule has 0 atom stereocenters. The number of rotatable bonds is 4. The van der Waals surface area contributed by atoms with Crippen LogP contribution in [0.4, 0.5) is 5.69 Å². The monoisotopic (exact) mass is 276 g/mol. The molecule has 0 aromatic heterocycles. The van der Waals surface area contributed by atoms with Crippen LogP contribution >= 0.6 is 0 Å². The molecule has 5 heteroatoms. The van der Waals surface area contributed by atoms with Gasteiger partial charge in [-0.2, -0.15) is 0 Å². The summed E-state index contributed by atoms with van der Waals surface area (Å²) >= 11 is 0. The molecule has 20 heavy (non-hydrogen) atoms. The van der Waals surface area contributed by atoms with Crippen LogP contribution in [0, 0.1) is 0 Å². The molecular formula is C15H20N2O3. The highest BCUT2D eigenvalue weighted by molar-refractivity contribution is 6.04. The molecular weight excluding hydrogens is 256 g/mol. The Morgan fingerprint density at radius 3 is 2.60 bits per heavy atom. The Labute approximate surface area is 118 Å². The first-order valence-corrected chi connectivity index (χ1v) is 6.89. The number of amides is 2. The van der Waals surface area contributed by atoms with Gasteiger partial charge in [-0.25, -0.2) is 0 Å². The second-order valence-electron chi connectivity index (χ2n) is 4.88. The van der Waals surface area contributed by atoms with Crippen LogP contribution in [0.5, 0.6) is 0 Å². The third kappa shape index (κ3) is 3.57. The molecule has 5 nitrogen and oxygen atoms in total. The van der Waals surface area contributed by atoms with Crippen molar-refractivity contribution in [3.05, 3.63) is 29.8 Å². The number of nitrogens with zero attached hydrogens (tertiary/aromatic N) is 1. The highest BCUT2D eigenvalue weighted by Gasteiger charge is 2.21. The van der Waals surface area contributed by atoms with Crippen molar-refractivity contribution in [3.8, 4) is 0 Å². The lowest BCUT2D eigenvalue weighted by atomic mass is 10.1. The molecule has 1 aromatic rings. The molecule has 2 rings (SSSR count). The fraction of sp³-hybridized carbons (Fsp3) is 0.467. The average Bonchev–Trinajstić information content (AvgIpc) is 2.48. The van der Waals surface area contributed by atoms with Crippen LogP contribution < -0.4 is 5.32 Å². The van der Waals surface area contributed by atoms with Gasteiger partial charge in [0.25, 0.3) is 5.91 Å². The molecule has 0 saturated carbocycles. The van der Waals surface area contributed by atoms with Gasteiger partial charge in [-0.15, -0.1) is 0 Å². The number of carbonyl (C=O) groups is 2. The summed E-state index contributed by atoms with van der Waals surface area (Å²) < 4.78 is 4.79. The van der Waals surface area contributed by atoms with Gasteiger partial charge in [-0.3, -0.25) is 9.59 Å². The number of nitrogens with one attached hydrogen (secondary N) is 1. The van der Waals surface area contributed by atoms with E-state index in [0.717, 1.165) is 25.9 Å². The molecule has 0 bridgehead atoms. The van der Waals surface area contributed by atoms with E-state index in [2.05, 4.69) is 5.32 Å². The van der Waals surface area contributed by atoms with Crippen molar-refractivity contribution in [2.75, 3.05) is 32.1 Å². The second-order valence-corrected chi connectivity index (χ2v) is 4.88. The van der Waals surface area contributed by atoms with Crippen molar-refractivity contribution >= 4 is 17.5 Å². The van der Waals surface area contributed by atoms with Crippen LogP contribution in [0.1, 0.15) is 29.6 Å². The van der Waals surface area contributed by atoms with E-state index in [-0.39, 0.29) is 18.4 Å². The number of hydrogen-bond donors (Lipinski definition) is 1. The Bertz CT molecular complexity index is 482. The SMILES string of the molecule is COCC(=O)Nc1ccccc1C(=O)N1CCCCC1. The maximum absolute atomic E-state index is 12.5. The van der Waals surface area contributed by atoms with E-state index in [9.17, 15) is 9.59 Å². The van der Waals surface area contributed by atoms with Gasteiger partial charge in [-0.05, 0) is 31.4 Å². The molecule has 0 unspecified atom stereocenters. The zero-order valence-corrected chi connectivity index (χ0v) is 11.7. The Kier molecular flexibility index (Phi) is 5.12. The first kappa shape index (κ1) is 14.5. The molecule has 108 valence electrons. The lowest BCUT2D eigenvalue weighted by Crippen LogP contribution is -2.36. The van der Waals surface area contributed by atoms with Crippen LogP contribution in [-0.4, -0.2) is 43.5 Å². The summed E-state index contributed by atoms with van der Waals surface area (Å²) in [4.78, 5) is 26.0. The predicted octanol–water partition coefficient (Wildman–Crippen LogP) is 1.90. The normalized spacial score (nSPS) is 14.9. The third-order valence-electron chi connectivity index (χ3n) is 3.35. The highest BCUT2D eigenvalue weighted by atomic mass is 16.5. The van der Waals surface area contributed by atoms with E-state index in [0.29, 0.717) is 11.3 Å². The number of ether oxygens (including phenoxy) is 1. The van der Waals surface area contributed by atoms with Crippen LogP contribution in [0.15, 0.2) is 24.3 Å². The summed E-state index contributed by atoms with van der Waals surface area (Å²) in [6.07, 6.45) is 3.27. The zero-order valence-electron chi connectivity index (χ0n) is 11.7. The number of methoxy groups -OCH3 is 1. The maximum atomic E-state index is 12.5. The van der Waals surface area contributed by atoms with E-state index >= 15 is 0 Å². The number of carbonyl (C=O) groups excluding carboxylic acids is 2. The lowest BCUT2D eigenvalue weighted by Gasteiger charge is -2.27. The molecule has 0 radical (unpaired) electrons. The molecule has 1 saturated heterocycles. The minimum atomic E-state index is -0.258. The van der Waals surface area contributed by atoms with E-state index in [1.165, 1.54) is 13.5 Å². The Hall–Kier alpha value is -1.88. The number of hydrogen-bond acceptors (Lipinski definition) is 3. The van der Waals surface area contributed by atoms with Crippen LogP contribution in [0.2, 0.25) is 0 Å². The Balaban J connectivity index is 2.14. The summed E-state index contributed by atoms with van der Waals surface area (Å²) in [7, 11) is 1.46. The van der Waals surface area contributed by atoms with Gasteiger partial charge in [0.2, 0.25) is 5.91 Å². The molecule has 0 spiro atoms. The number of likely N-dealkylation sites (tertiary alicyclic amines) is 1. The van der Waals surface area contributed by atoms with Gasteiger partial charge in [0.15, 0.2) is 0 Å². The number of anilines is 1. The predicted molar refractivity (Wildman–Crippen MR) is 76.7 cm³/mol. The first-order chi connectivity index (χ1) is 9.72. The quantitative estimate of drug-likeness (QED) is 0.913. The minimum Gasteiger partial charge on any atom is -0.375 e. The van der Waals surface area contributed by atoms with Gasteiger partial charge in [0.1, 0.15) is 6.61 Å². The summed E-state index contributed by atoms with van der Waals surface area (Å²) in [5.41, 5.74) is 1.09. The average molecular weight is 276 g/mol. The standard InChI is InChI=1S/C15H20N2O3/c1-20-11-14(18)16-13-8-4-3-7-12(13)15(19)17-9-5-2-6-10-17/h3-4,7-8H,2,5-6,9-11H2,1H3,(H,16,18). The molecule has 1 fully saturated rings. The maximum Gasteiger partial charge on any atom is 0.255 e. The molecule has 1 aliphatic heterocycles. The fourth-order valence-corrected chi connectivity index (χ4v) is 2.36. The van der Waals surface area contributed by atoms with Gasteiger partial charge in [-0.1, -0.05) is 12.1 Å². The molecule has 1 N–H and O–H groups in total. The van der Waals surface area contributed by atoms with Crippen molar-refractivity contribution in [1.82, 2.24) is 4.90 Å². The van der Waals surface area contributed by atoms with Crippen molar-refractivity contribution in [2.45, 2.75) is 19.3 Å². The zero-order chi connectivity index (χ0) is 14.4. The van der Waals surface area contributed by atoms with Gasteiger partial charge in [0.05, 0.1) is 11.3 Å². The smallest absolute Gasteiger partial charge is 0.255 e. The van der Waals surface area contributed by atoms with Crippen molar-refractivity contribution in [3.63, 3.8) is 0 Å². The number of benzene rings is 1. The van der Waals surface area contributed by atoms with Crippen molar-refractivity contribution < 1.29 is 14.3 Å². The van der Waals surface area contributed by atoms with Crippen molar-refractivity contribution in [1.29, 1.82) is 0 Å². The molecule has 1 aliphatic rings. The Morgan fingerprint density at radius 2 is 1.90 bits per heavy atom. The van der Waals surface area contributed by atoms with E-state index in [1.807, 2.05) is 11.0 Å². The summed E-state index contributed by atoms with van der Waals surface area (Å²) in [5.74, 6) is -0.274. The molecule has 0 aliphatic carbocycles. The van der Waals surface area contributed by atoms with Gasteiger partial charge >= 0.3 is 0 Å². The molecule has 2 amide bonds. The minimum absolute atomic E-state index is 0.0157. The van der Waals surface area contributed by atoms with Crippen LogP contribution in [0.3, 0.4) is 0 Å². The fourth-order valence-electron chi connectivity index (χ4n) is 2.36. The van der Waals surface area contributed by atoms with Crippen LogP contribution in [0.25, 0.3) is 0 Å². The number of para-hydroxylation sites is 1. The lowest BCUT2D eigenvalue weighted by molar-refractivity contribution is -0.119. The van der Waals surface area contributed by atoms with Crippen LogP contribution in [-0.2, 0) is 9.53 Å². The largest absolute Gasteiger partial charge is 0.375 e.